The summed E-state index contributed by atoms with van der Waals surface area (Å²) in [4.78, 5) is 0. The second-order valence-electron chi connectivity index (χ2n) is 2.00. The molecule has 0 aromatic carbocycles. The van der Waals surface area contributed by atoms with Crippen molar-refractivity contribution in [3.05, 3.63) is 30.1 Å². The van der Waals surface area contributed by atoms with E-state index in [1.165, 1.54) is 5.69 Å². The zero-order valence-electron chi connectivity index (χ0n) is 4.54. The number of nitrogens with zero attached hydrogens (tertiary/aromatic N) is 1. The Morgan fingerprint density at radius 3 is 3.11 bits per heavy atom. The Kier molecular flexibility index (Phi) is 2.73. The monoisotopic (exact) mass is 145 g/mol. The van der Waals surface area contributed by atoms with Gasteiger partial charge in [-0.05, 0) is 12.1 Å². The summed E-state index contributed by atoms with van der Waals surface area (Å²) in [6, 6.07) is 4.21. The summed E-state index contributed by atoms with van der Waals surface area (Å²) in [5, 5.41) is 0. The van der Waals surface area contributed by atoms with Crippen LogP contribution in [0.25, 0.3) is 6.20 Å². The first-order chi connectivity index (χ1) is 3.97. The molecule has 0 saturated heterocycles. The predicted octanol–water partition coefficient (Wildman–Crippen LogP) is 0.866. The third-order valence-electron chi connectivity index (χ3n) is 1.46. The molecule has 0 atom stereocenters. The number of allylic oxidation sites excluding steroid dienone is 1. The van der Waals surface area contributed by atoms with Gasteiger partial charge in [0, 0.05) is 24.5 Å². The van der Waals surface area contributed by atoms with Gasteiger partial charge in [-0.3, -0.25) is 0 Å². The van der Waals surface area contributed by atoms with Gasteiger partial charge in [0.25, 0.3) is 0 Å². The van der Waals surface area contributed by atoms with E-state index < -0.39 is 0 Å². The van der Waals surface area contributed by atoms with Gasteiger partial charge in [0.1, 0.15) is 0 Å². The van der Waals surface area contributed by atoms with E-state index in [1.807, 2.05) is 0 Å². The maximum atomic E-state index is 2.16. The summed E-state index contributed by atoms with van der Waals surface area (Å²) in [5.41, 5.74) is 1.39. The Balaban J connectivity index is 0.000000405. The van der Waals surface area contributed by atoms with Gasteiger partial charge in [0.05, 0.1) is 0 Å². The summed E-state index contributed by atoms with van der Waals surface area (Å²) < 4.78 is 2.14. The van der Waals surface area contributed by atoms with Crippen LogP contribution < -0.4 is 0 Å². The molecular weight excluding hydrogens is 137 g/mol. The fourth-order valence-electron chi connectivity index (χ4n) is 1.03. The van der Waals surface area contributed by atoms with E-state index in [1.54, 1.807) is 0 Å². The van der Waals surface area contributed by atoms with Gasteiger partial charge in [-0.1, -0.05) is 6.08 Å². The first kappa shape index (κ1) is 7.76. The summed E-state index contributed by atoms with van der Waals surface area (Å²) >= 11 is 0. The van der Waals surface area contributed by atoms with Crippen LogP contribution in [-0.4, -0.2) is 56.0 Å². The molecule has 1 aromatic rings. The van der Waals surface area contributed by atoms with Crippen LogP contribution >= 0.6 is 0 Å². The number of hydrogen-bond donors (Lipinski definition) is 0. The molecule has 9 heavy (non-hydrogen) atoms. The van der Waals surface area contributed by atoms with Gasteiger partial charge in [0.2, 0.25) is 0 Å². The molecule has 0 aliphatic carbocycles. The standard InChI is InChI=1S/C7H7N.K.H/c1-3-7-4-2-6-8(7)5-1;;/h1-3,5-6H,4H2;;. The number of aromatic nitrogens is 1. The first-order valence-electron chi connectivity index (χ1n) is 2.79. The Hall–Kier alpha value is 0.656. The minimum absolute atomic E-state index is 0. The van der Waals surface area contributed by atoms with E-state index in [0.717, 1.165) is 6.42 Å². The summed E-state index contributed by atoms with van der Waals surface area (Å²) in [6.45, 7) is 0. The molecule has 0 fully saturated rings. The topological polar surface area (TPSA) is 4.93 Å². The molecule has 1 nitrogen and oxygen atoms in total. The second kappa shape index (κ2) is 3.17. The van der Waals surface area contributed by atoms with Crippen LogP contribution in [0.1, 0.15) is 5.69 Å². The van der Waals surface area contributed by atoms with E-state index >= 15 is 0 Å². The molecule has 0 amide bonds. The fourth-order valence-corrected chi connectivity index (χ4v) is 1.03. The van der Waals surface area contributed by atoms with Crippen molar-refractivity contribution in [1.82, 2.24) is 4.57 Å². The maximum absolute atomic E-state index is 2.16. The van der Waals surface area contributed by atoms with Gasteiger partial charge in [-0.2, -0.15) is 0 Å². The van der Waals surface area contributed by atoms with Gasteiger partial charge in [-0.15, -0.1) is 0 Å². The van der Waals surface area contributed by atoms with Crippen molar-refractivity contribution in [2.24, 2.45) is 0 Å². The third kappa shape index (κ3) is 1.38. The SMILES string of the molecule is C1=Cn2cccc2C1.[KH]. The van der Waals surface area contributed by atoms with E-state index in [0.29, 0.717) is 0 Å². The molecule has 0 N–H and O–H groups in total. The van der Waals surface area contributed by atoms with Crippen molar-refractivity contribution >= 4 is 57.6 Å². The predicted molar refractivity (Wildman–Crippen MR) is 40.6 cm³/mol. The Morgan fingerprint density at radius 2 is 2.33 bits per heavy atom. The summed E-state index contributed by atoms with van der Waals surface area (Å²) in [5.74, 6) is 0. The molecule has 0 bridgehead atoms. The number of hydrogen-bond acceptors (Lipinski definition) is 0. The average molecular weight is 145 g/mol. The van der Waals surface area contributed by atoms with Crippen molar-refractivity contribution in [2.45, 2.75) is 6.42 Å². The molecule has 1 aromatic heterocycles. The Morgan fingerprint density at radius 1 is 1.44 bits per heavy atom. The van der Waals surface area contributed by atoms with Gasteiger partial charge >= 0.3 is 51.4 Å². The average Bonchev–Trinajstić information content (AvgIpc) is 2.15. The van der Waals surface area contributed by atoms with Crippen molar-refractivity contribution < 1.29 is 0 Å². The van der Waals surface area contributed by atoms with Crippen LogP contribution in [0, 0.1) is 0 Å². The minimum atomic E-state index is 0. The van der Waals surface area contributed by atoms with Crippen LogP contribution in [0.15, 0.2) is 24.4 Å². The summed E-state index contributed by atoms with van der Waals surface area (Å²) in [7, 11) is 0. The molecule has 0 spiro atoms. The molecule has 2 rings (SSSR count). The molecule has 0 radical (unpaired) electrons. The van der Waals surface area contributed by atoms with Gasteiger partial charge in [0.15, 0.2) is 0 Å². The zero-order chi connectivity index (χ0) is 5.40. The van der Waals surface area contributed by atoms with Crippen LogP contribution in [0.2, 0.25) is 0 Å². The fraction of sp³-hybridized carbons (Fsp3) is 0.143. The molecule has 42 valence electrons. The zero-order valence-corrected chi connectivity index (χ0v) is 4.54. The number of rotatable bonds is 0. The van der Waals surface area contributed by atoms with Crippen LogP contribution in [0.3, 0.4) is 0 Å². The third-order valence-corrected chi connectivity index (χ3v) is 1.46. The molecule has 0 unspecified atom stereocenters. The quantitative estimate of drug-likeness (QED) is 0.477. The Bertz CT molecular complexity index is 225. The Labute approximate surface area is 97.2 Å². The van der Waals surface area contributed by atoms with E-state index in [-0.39, 0.29) is 51.4 Å². The van der Waals surface area contributed by atoms with Crippen molar-refractivity contribution in [3.63, 3.8) is 0 Å². The molecule has 0 saturated carbocycles. The molecule has 2 heteroatoms. The first-order valence-corrected chi connectivity index (χ1v) is 2.79. The normalized spacial score (nSPS) is 12.9. The molecular formula is C7H8KN. The van der Waals surface area contributed by atoms with Crippen LogP contribution in [-0.2, 0) is 6.42 Å². The van der Waals surface area contributed by atoms with Crippen molar-refractivity contribution in [1.29, 1.82) is 0 Å². The van der Waals surface area contributed by atoms with E-state index in [9.17, 15) is 0 Å². The molecule has 2 heterocycles. The summed E-state index contributed by atoms with van der Waals surface area (Å²) in [6.07, 6.45) is 7.43. The van der Waals surface area contributed by atoms with Gasteiger partial charge in [-0.25, -0.2) is 0 Å². The van der Waals surface area contributed by atoms with E-state index in [2.05, 4.69) is 35.2 Å². The second-order valence-corrected chi connectivity index (χ2v) is 2.00. The van der Waals surface area contributed by atoms with Crippen molar-refractivity contribution in [3.8, 4) is 0 Å². The van der Waals surface area contributed by atoms with E-state index in [4.69, 9.17) is 0 Å². The van der Waals surface area contributed by atoms with Crippen LogP contribution in [0.4, 0.5) is 0 Å². The van der Waals surface area contributed by atoms with Gasteiger partial charge < -0.3 is 4.57 Å². The number of fused-ring (bicyclic) bond motifs is 1. The molecule has 1 aliphatic heterocycles. The van der Waals surface area contributed by atoms with Crippen LogP contribution in [0.5, 0.6) is 0 Å². The van der Waals surface area contributed by atoms with Crippen molar-refractivity contribution in [2.75, 3.05) is 0 Å². The molecule has 1 aliphatic rings.